The Kier molecular flexibility index (Phi) is 4.83. The Hall–Kier alpha value is -1.33. The zero-order chi connectivity index (χ0) is 14.7. The van der Waals surface area contributed by atoms with Gasteiger partial charge in [-0.15, -0.1) is 0 Å². The molecule has 106 valence electrons. The average Bonchev–Trinajstić information content (AvgIpc) is 2.81. The number of rotatable bonds is 4. The molecule has 0 aliphatic rings. The second kappa shape index (κ2) is 6.41. The number of amides is 1. The smallest absolute Gasteiger partial charge is 0.228 e. The van der Waals surface area contributed by atoms with Gasteiger partial charge in [0.1, 0.15) is 0 Å². The second-order valence-electron chi connectivity index (χ2n) is 4.58. The van der Waals surface area contributed by atoms with Gasteiger partial charge in [-0.05, 0) is 30.7 Å². The van der Waals surface area contributed by atoms with E-state index < -0.39 is 0 Å². The summed E-state index contributed by atoms with van der Waals surface area (Å²) in [5.41, 5.74) is 1.79. The molecular weight excluding hydrogens is 342 g/mol. The van der Waals surface area contributed by atoms with Gasteiger partial charge in [0.15, 0.2) is 0 Å². The first-order valence-corrected chi connectivity index (χ1v) is 7.35. The third-order valence-electron chi connectivity index (χ3n) is 2.96. The summed E-state index contributed by atoms with van der Waals surface area (Å²) in [7, 11) is 1.73. The zero-order valence-electron chi connectivity index (χ0n) is 11.3. The Labute approximate surface area is 131 Å². The number of aryl methyl sites for hydroxylation is 2. The van der Waals surface area contributed by atoms with Crippen molar-refractivity contribution in [2.24, 2.45) is 0 Å². The SMILES string of the molecule is Cc1cnn(CCC(=O)N(C)c2ccc(Br)cc2Cl)c1. The largest absolute Gasteiger partial charge is 0.314 e. The lowest BCUT2D eigenvalue weighted by molar-refractivity contribution is -0.118. The van der Waals surface area contributed by atoms with Crippen LogP contribution in [0.5, 0.6) is 0 Å². The highest BCUT2D eigenvalue weighted by atomic mass is 79.9. The molecule has 1 amide bonds. The van der Waals surface area contributed by atoms with E-state index in [1.165, 1.54) is 0 Å². The maximum atomic E-state index is 12.2. The number of nitrogens with zero attached hydrogens (tertiary/aromatic N) is 3. The van der Waals surface area contributed by atoms with Gasteiger partial charge in [0, 0.05) is 30.7 Å². The van der Waals surface area contributed by atoms with Gasteiger partial charge in [0.05, 0.1) is 16.9 Å². The van der Waals surface area contributed by atoms with Gasteiger partial charge in [-0.1, -0.05) is 27.5 Å². The summed E-state index contributed by atoms with van der Waals surface area (Å²) in [5, 5.41) is 4.71. The molecule has 6 heteroatoms. The summed E-state index contributed by atoms with van der Waals surface area (Å²) in [5.74, 6) is 0.00220. The number of anilines is 1. The van der Waals surface area contributed by atoms with Gasteiger partial charge in [-0.25, -0.2) is 0 Å². The molecule has 1 aromatic carbocycles. The molecule has 0 bridgehead atoms. The van der Waals surface area contributed by atoms with Crippen LogP contribution in [-0.2, 0) is 11.3 Å². The number of hydrogen-bond acceptors (Lipinski definition) is 2. The molecule has 0 radical (unpaired) electrons. The molecule has 0 aliphatic heterocycles. The Bertz CT molecular complexity index is 627. The van der Waals surface area contributed by atoms with Gasteiger partial charge in [-0.3, -0.25) is 9.48 Å². The molecule has 0 saturated heterocycles. The van der Waals surface area contributed by atoms with Crippen LogP contribution in [-0.4, -0.2) is 22.7 Å². The molecule has 0 saturated carbocycles. The third kappa shape index (κ3) is 3.61. The molecule has 1 heterocycles. The average molecular weight is 357 g/mol. The van der Waals surface area contributed by atoms with Crippen LogP contribution in [0.4, 0.5) is 5.69 Å². The maximum Gasteiger partial charge on any atom is 0.228 e. The second-order valence-corrected chi connectivity index (χ2v) is 5.90. The van der Waals surface area contributed by atoms with Crippen LogP contribution < -0.4 is 4.90 Å². The van der Waals surface area contributed by atoms with Crippen molar-refractivity contribution < 1.29 is 4.79 Å². The molecule has 20 heavy (non-hydrogen) atoms. The normalized spacial score (nSPS) is 10.6. The molecule has 0 spiro atoms. The fourth-order valence-electron chi connectivity index (χ4n) is 1.85. The van der Waals surface area contributed by atoms with E-state index in [1.54, 1.807) is 28.9 Å². The third-order valence-corrected chi connectivity index (χ3v) is 3.76. The van der Waals surface area contributed by atoms with Crippen LogP contribution in [0, 0.1) is 6.92 Å². The Morgan fingerprint density at radius 2 is 2.25 bits per heavy atom. The number of benzene rings is 1. The number of halogens is 2. The van der Waals surface area contributed by atoms with Crippen LogP contribution in [0.2, 0.25) is 5.02 Å². The molecular formula is C14H15BrClN3O. The first kappa shape index (κ1) is 15.1. The molecule has 0 N–H and O–H groups in total. The summed E-state index contributed by atoms with van der Waals surface area (Å²) in [6.45, 7) is 2.53. The van der Waals surface area contributed by atoms with E-state index in [2.05, 4.69) is 21.0 Å². The number of aromatic nitrogens is 2. The molecule has 0 fully saturated rings. The van der Waals surface area contributed by atoms with Crippen molar-refractivity contribution >= 4 is 39.1 Å². The highest BCUT2D eigenvalue weighted by Gasteiger charge is 2.14. The fraction of sp³-hybridized carbons (Fsp3) is 0.286. The van der Waals surface area contributed by atoms with E-state index in [-0.39, 0.29) is 5.91 Å². The summed E-state index contributed by atoms with van der Waals surface area (Å²) >= 11 is 9.49. The van der Waals surface area contributed by atoms with Gasteiger partial charge in [0.2, 0.25) is 5.91 Å². The topological polar surface area (TPSA) is 38.1 Å². The lowest BCUT2D eigenvalue weighted by Crippen LogP contribution is -2.27. The van der Waals surface area contributed by atoms with Gasteiger partial charge < -0.3 is 4.90 Å². The molecule has 1 aromatic heterocycles. The number of carbonyl (C=O) groups is 1. The van der Waals surface area contributed by atoms with Crippen molar-refractivity contribution in [3.8, 4) is 0 Å². The minimum atomic E-state index is 0.00220. The van der Waals surface area contributed by atoms with Crippen molar-refractivity contribution in [2.45, 2.75) is 19.9 Å². The summed E-state index contributed by atoms with van der Waals surface area (Å²) in [6.07, 6.45) is 4.07. The lowest BCUT2D eigenvalue weighted by Gasteiger charge is -2.18. The van der Waals surface area contributed by atoms with Crippen molar-refractivity contribution in [1.82, 2.24) is 9.78 Å². The molecule has 0 aliphatic carbocycles. The van der Waals surface area contributed by atoms with Gasteiger partial charge in [0.25, 0.3) is 0 Å². The van der Waals surface area contributed by atoms with E-state index in [4.69, 9.17) is 11.6 Å². The van der Waals surface area contributed by atoms with Crippen LogP contribution in [0.1, 0.15) is 12.0 Å². The van der Waals surface area contributed by atoms with Gasteiger partial charge in [-0.2, -0.15) is 5.10 Å². The summed E-state index contributed by atoms with van der Waals surface area (Å²) < 4.78 is 2.66. The van der Waals surface area contributed by atoms with Crippen LogP contribution in [0.3, 0.4) is 0 Å². The quantitative estimate of drug-likeness (QED) is 0.838. The standard InChI is InChI=1S/C14H15BrClN3O/c1-10-8-17-19(9-10)6-5-14(20)18(2)13-4-3-11(15)7-12(13)16/h3-4,7-9H,5-6H2,1-2H3. The predicted octanol–water partition coefficient (Wildman–Crippen LogP) is 3.66. The molecule has 0 atom stereocenters. The minimum Gasteiger partial charge on any atom is -0.314 e. The zero-order valence-corrected chi connectivity index (χ0v) is 13.6. The number of hydrogen-bond donors (Lipinski definition) is 0. The molecule has 2 rings (SSSR count). The van der Waals surface area contributed by atoms with E-state index in [9.17, 15) is 4.79 Å². The predicted molar refractivity (Wildman–Crippen MR) is 84.1 cm³/mol. The van der Waals surface area contributed by atoms with Crippen molar-refractivity contribution in [3.63, 3.8) is 0 Å². The molecule has 4 nitrogen and oxygen atoms in total. The highest BCUT2D eigenvalue weighted by molar-refractivity contribution is 9.10. The Morgan fingerprint density at radius 1 is 1.50 bits per heavy atom. The van der Waals surface area contributed by atoms with Crippen LogP contribution in [0.15, 0.2) is 35.1 Å². The van der Waals surface area contributed by atoms with Crippen molar-refractivity contribution in [1.29, 1.82) is 0 Å². The van der Waals surface area contributed by atoms with Crippen molar-refractivity contribution in [3.05, 3.63) is 45.7 Å². The van der Waals surface area contributed by atoms with E-state index in [0.29, 0.717) is 23.7 Å². The first-order chi connectivity index (χ1) is 9.47. The maximum absolute atomic E-state index is 12.2. The van der Waals surface area contributed by atoms with Crippen LogP contribution in [0.25, 0.3) is 0 Å². The van der Waals surface area contributed by atoms with Crippen molar-refractivity contribution in [2.75, 3.05) is 11.9 Å². The summed E-state index contributed by atoms with van der Waals surface area (Å²) in [6, 6.07) is 5.46. The first-order valence-electron chi connectivity index (χ1n) is 6.18. The fourth-order valence-corrected chi connectivity index (χ4v) is 2.65. The molecule has 2 aromatic rings. The van der Waals surface area contributed by atoms with Gasteiger partial charge >= 0.3 is 0 Å². The summed E-state index contributed by atoms with van der Waals surface area (Å²) in [4.78, 5) is 13.7. The van der Waals surface area contributed by atoms with E-state index in [1.807, 2.05) is 25.3 Å². The van der Waals surface area contributed by atoms with Crippen LogP contribution >= 0.6 is 27.5 Å². The van der Waals surface area contributed by atoms with E-state index >= 15 is 0 Å². The minimum absolute atomic E-state index is 0.00220. The van der Waals surface area contributed by atoms with E-state index in [0.717, 1.165) is 10.0 Å². The number of carbonyl (C=O) groups excluding carboxylic acids is 1. The Balaban J connectivity index is 2.01. The monoisotopic (exact) mass is 355 g/mol. The Morgan fingerprint density at radius 3 is 2.85 bits per heavy atom. The lowest BCUT2D eigenvalue weighted by atomic mass is 10.2. The molecule has 0 unspecified atom stereocenters. The highest BCUT2D eigenvalue weighted by Crippen LogP contribution is 2.28.